The molecule has 4 aliphatic heterocycles. The van der Waals surface area contributed by atoms with E-state index in [1.807, 2.05) is 84.9 Å². The van der Waals surface area contributed by atoms with E-state index in [0.717, 1.165) is 44.5 Å². The second-order valence-electron chi connectivity index (χ2n) is 23.8. The van der Waals surface area contributed by atoms with Crippen LogP contribution in [0.25, 0.3) is 11.1 Å². The molecule has 11 rings (SSSR count). The SMILES string of the molecule is CC(=O)OC1CCN(CC[C@H](NC(=O)[C@@H]2Cc3ccccc3CN2)C(=O)Nc2ccc(Cl)c(Cl)c2F)CC1.CC(=O)OC1CCN(CC[C@H](NC(=O)[C@@H]2Cc3ccccc3CN2C(=O)OCC2c3ccccc3-c3ccccc32)C(=O)Nc2ccc(Cl)c(Cl)c2F)CC1. The Morgan fingerprint density at radius 1 is 0.559 bits per heavy atom. The van der Waals surface area contributed by atoms with Crippen molar-refractivity contribution in [1.82, 2.24) is 30.7 Å². The van der Waals surface area contributed by atoms with E-state index in [4.69, 9.17) is 60.6 Å². The molecule has 0 aromatic heterocycles. The third-order valence-electron chi connectivity index (χ3n) is 17.6. The number of nitrogens with one attached hydrogen (secondary N) is 5. The van der Waals surface area contributed by atoms with Gasteiger partial charge in [-0.1, -0.05) is 143 Å². The number of esters is 2. The molecule has 4 atom stereocenters. The van der Waals surface area contributed by atoms with E-state index in [0.29, 0.717) is 84.3 Å². The number of rotatable bonds is 18. The van der Waals surface area contributed by atoms with Crippen LogP contribution in [0.4, 0.5) is 25.0 Å². The van der Waals surface area contributed by atoms with E-state index < -0.39 is 59.6 Å². The molecular formula is C69H72Cl4F2N8O10. The van der Waals surface area contributed by atoms with Crippen LogP contribution in [0.2, 0.25) is 20.1 Å². The van der Waals surface area contributed by atoms with Crippen LogP contribution >= 0.6 is 46.4 Å². The number of carbonyl (C=O) groups is 7. The Kier molecular flexibility index (Phi) is 23.1. The van der Waals surface area contributed by atoms with Crippen LogP contribution in [0.3, 0.4) is 0 Å². The maximum Gasteiger partial charge on any atom is 0.410 e. The van der Waals surface area contributed by atoms with Crippen molar-refractivity contribution in [2.45, 2.75) is 121 Å². The summed E-state index contributed by atoms with van der Waals surface area (Å²) in [5, 5.41) is 13.5. The average Bonchev–Trinajstić information content (AvgIpc) is 1.66. The number of fused-ring (bicyclic) bond motifs is 5. The number of anilines is 2. The van der Waals surface area contributed by atoms with Crippen molar-refractivity contribution in [2.75, 3.05) is 56.5 Å². The molecule has 0 unspecified atom stereocenters. The van der Waals surface area contributed by atoms with Crippen LogP contribution in [0.1, 0.15) is 91.7 Å². The van der Waals surface area contributed by atoms with Crippen LogP contribution in [0, 0.1) is 11.6 Å². The van der Waals surface area contributed by atoms with Gasteiger partial charge in [0.15, 0.2) is 11.6 Å². The van der Waals surface area contributed by atoms with Crippen molar-refractivity contribution in [3.63, 3.8) is 0 Å². The molecular weight excluding hydrogens is 1280 g/mol. The predicted molar refractivity (Wildman–Crippen MR) is 351 cm³/mol. The lowest BCUT2D eigenvalue weighted by Crippen LogP contribution is -2.56. The van der Waals surface area contributed by atoms with Gasteiger partial charge >= 0.3 is 18.0 Å². The number of carbonyl (C=O) groups excluding carboxylic acids is 7. The number of hydrogen-bond donors (Lipinski definition) is 5. The fourth-order valence-corrected chi connectivity index (χ4v) is 13.2. The first kappa shape index (κ1) is 68.2. The molecule has 1 aliphatic carbocycles. The number of amides is 5. The van der Waals surface area contributed by atoms with Gasteiger partial charge in [0.1, 0.15) is 36.9 Å². The summed E-state index contributed by atoms with van der Waals surface area (Å²) in [6.07, 6.45) is 2.91. The van der Waals surface area contributed by atoms with Gasteiger partial charge in [-0.05, 0) is 114 Å². The zero-order valence-corrected chi connectivity index (χ0v) is 54.3. The summed E-state index contributed by atoms with van der Waals surface area (Å²) in [5.74, 6) is -4.60. The molecule has 0 saturated carbocycles. The second kappa shape index (κ2) is 31.5. The third-order valence-corrected chi connectivity index (χ3v) is 19.1. The largest absolute Gasteiger partial charge is 0.462 e. The van der Waals surface area contributed by atoms with Gasteiger partial charge in [-0.3, -0.25) is 33.7 Å². The first-order chi connectivity index (χ1) is 44.8. The standard InChI is InChI=1S/C42H41Cl2FN4O6.C27H31Cl2FN4O4/c1-25(50)55-28-16-19-48(20-17-28)21-18-36(40(51)46-35-15-14-34(43)38(44)39(35)45)47-41(52)37-22-26-8-2-3-9-27(26)23-49(37)42(53)54-24-33-31-12-6-4-10-29(31)30-11-5-7-13-32(30)33;1-16(35)38-19-8-11-34(12-9-19)13-10-22(26(36)32-21-7-6-20(28)24(29)25(21)30)33-27(37)23-14-17-4-2-3-5-18(17)15-31-23/h2-15,28,33,36-37H,16-24H2,1H3,(H,46,51)(H,47,52);2-7,19,22-23,31H,8-15H2,1H3,(H,32,36)(H,33,37)/t36-,37-;22-,23-/m00/s1. The molecule has 5 N–H and O–H groups in total. The van der Waals surface area contributed by atoms with Crippen LogP contribution in [0.5, 0.6) is 0 Å². The summed E-state index contributed by atoms with van der Waals surface area (Å²) in [5.41, 5.74) is 8.04. The highest BCUT2D eigenvalue weighted by atomic mass is 35.5. The lowest BCUT2D eigenvalue weighted by Gasteiger charge is -2.36. The molecule has 2 saturated heterocycles. The first-order valence-corrected chi connectivity index (χ1v) is 32.6. The molecule has 2 fully saturated rings. The van der Waals surface area contributed by atoms with Gasteiger partial charge in [0.25, 0.3) is 0 Å². The normalized spacial score (nSPS) is 18.0. The summed E-state index contributed by atoms with van der Waals surface area (Å²) in [4.78, 5) is 97.0. The summed E-state index contributed by atoms with van der Waals surface area (Å²) in [6.45, 7) is 7.12. The van der Waals surface area contributed by atoms with Gasteiger partial charge in [-0.2, -0.15) is 0 Å². The zero-order valence-electron chi connectivity index (χ0n) is 51.3. The van der Waals surface area contributed by atoms with Gasteiger partial charge < -0.3 is 50.6 Å². The molecule has 18 nitrogen and oxygen atoms in total. The fourth-order valence-electron chi connectivity index (χ4n) is 12.6. The highest BCUT2D eigenvalue weighted by Crippen LogP contribution is 2.45. The smallest absolute Gasteiger partial charge is 0.410 e. The van der Waals surface area contributed by atoms with Crippen molar-refractivity contribution in [3.05, 3.63) is 186 Å². The van der Waals surface area contributed by atoms with Crippen LogP contribution in [0.15, 0.2) is 121 Å². The molecule has 0 spiro atoms. The Balaban J connectivity index is 0.000000218. The summed E-state index contributed by atoms with van der Waals surface area (Å²) in [7, 11) is 0. The summed E-state index contributed by atoms with van der Waals surface area (Å²) >= 11 is 23.8. The molecule has 93 heavy (non-hydrogen) atoms. The average molecular weight is 1350 g/mol. The molecule has 24 heteroatoms. The van der Waals surface area contributed by atoms with Crippen molar-refractivity contribution in [1.29, 1.82) is 0 Å². The molecule has 0 radical (unpaired) electrons. The number of piperidine rings is 2. The van der Waals surface area contributed by atoms with Crippen LogP contribution < -0.4 is 26.6 Å². The summed E-state index contributed by atoms with van der Waals surface area (Å²) < 4.78 is 46.3. The van der Waals surface area contributed by atoms with E-state index in [-0.39, 0.29) is 93.4 Å². The number of ether oxygens (including phenoxy) is 3. The number of likely N-dealkylation sites (tertiary alicyclic amines) is 2. The van der Waals surface area contributed by atoms with Crippen molar-refractivity contribution in [3.8, 4) is 11.1 Å². The lowest BCUT2D eigenvalue weighted by molar-refractivity contribution is -0.149. The molecule has 0 bridgehead atoms. The third kappa shape index (κ3) is 17.2. The van der Waals surface area contributed by atoms with Crippen LogP contribution in [-0.2, 0) is 68.9 Å². The molecule has 6 aromatic rings. The minimum absolute atomic E-state index is 0.00919. The second-order valence-corrected chi connectivity index (χ2v) is 25.3. The Hall–Kier alpha value is -7.69. The van der Waals surface area contributed by atoms with Gasteiger partial charge in [-0.25, -0.2) is 13.6 Å². The van der Waals surface area contributed by atoms with Crippen LogP contribution in [-0.4, -0.2) is 139 Å². The Bertz CT molecular complexity index is 3710. The topological polar surface area (TPSA) is 217 Å². The van der Waals surface area contributed by atoms with E-state index in [2.05, 4.69) is 48.5 Å². The Labute approximate surface area is 558 Å². The molecule has 5 aliphatic rings. The molecule has 5 amide bonds. The zero-order chi connectivity index (χ0) is 65.9. The van der Waals surface area contributed by atoms with E-state index >= 15 is 4.39 Å². The lowest BCUT2D eigenvalue weighted by atomic mass is 9.93. The van der Waals surface area contributed by atoms with E-state index in [1.54, 1.807) is 0 Å². The summed E-state index contributed by atoms with van der Waals surface area (Å²) in [6, 6.07) is 33.5. The van der Waals surface area contributed by atoms with Gasteiger partial charge in [-0.15, -0.1) is 0 Å². The maximum absolute atomic E-state index is 15.1. The van der Waals surface area contributed by atoms with E-state index in [9.17, 15) is 38.0 Å². The minimum atomic E-state index is -1.12. The van der Waals surface area contributed by atoms with Crippen molar-refractivity contribution < 1.29 is 56.6 Å². The number of nitrogens with zero attached hydrogens (tertiary/aromatic N) is 3. The highest BCUT2D eigenvalue weighted by Gasteiger charge is 2.39. The van der Waals surface area contributed by atoms with Crippen molar-refractivity contribution >= 4 is 99.4 Å². The number of hydrogen-bond acceptors (Lipinski definition) is 13. The Morgan fingerprint density at radius 2 is 1.00 bits per heavy atom. The van der Waals surface area contributed by atoms with Crippen molar-refractivity contribution in [2.24, 2.45) is 0 Å². The maximum atomic E-state index is 15.1. The number of halogens is 6. The molecule has 490 valence electrons. The molecule has 4 heterocycles. The Morgan fingerprint density at radius 3 is 1.49 bits per heavy atom. The monoisotopic (exact) mass is 1350 g/mol. The minimum Gasteiger partial charge on any atom is -0.462 e. The number of benzene rings is 6. The first-order valence-electron chi connectivity index (χ1n) is 31.1. The predicted octanol–water partition coefficient (Wildman–Crippen LogP) is 11.0. The van der Waals surface area contributed by atoms with Gasteiger partial charge in [0.05, 0.1) is 44.1 Å². The molecule has 6 aromatic carbocycles. The quantitative estimate of drug-likeness (QED) is 0.0308. The van der Waals surface area contributed by atoms with E-state index in [1.165, 1.54) is 43.0 Å². The van der Waals surface area contributed by atoms with Gasteiger partial charge in [0, 0.05) is 72.0 Å². The van der Waals surface area contributed by atoms with Gasteiger partial charge in [0.2, 0.25) is 23.6 Å². The highest BCUT2D eigenvalue weighted by molar-refractivity contribution is 6.43. The fraction of sp³-hybridized carbons (Fsp3) is 0.377.